The molecular weight excluding hydrogens is 182 g/mol. The van der Waals surface area contributed by atoms with E-state index in [1.165, 1.54) is 0 Å². The second-order valence-corrected chi connectivity index (χ2v) is 3.28. The Morgan fingerprint density at radius 1 is 1.64 bits per heavy atom. The number of carbonyl (C=O) groups is 1. The predicted molar refractivity (Wildman–Crippen MR) is 50.8 cm³/mol. The van der Waals surface area contributed by atoms with E-state index < -0.39 is 0 Å². The molecule has 0 spiro atoms. The number of aromatic nitrogens is 2. The molecule has 1 aliphatic rings. The van der Waals surface area contributed by atoms with Crippen molar-refractivity contribution < 1.29 is 9.53 Å². The van der Waals surface area contributed by atoms with E-state index in [-0.39, 0.29) is 12.0 Å². The number of nitrogens with zero attached hydrogens (tertiary/aromatic N) is 1. The van der Waals surface area contributed by atoms with E-state index in [0.717, 1.165) is 19.3 Å². The van der Waals surface area contributed by atoms with Gasteiger partial charge in [-0.1, -0.05) is 0 Å². The summed E-state index contributed by atoms with van der Waals surface area (Å²) in [5.74, 6) is 0.365. The quantitative estimate of drug-likeness (QED) is 0.737. The van der Waals surface area contributed by atoms with Crippen LogP contribution in [0.4, 0.5) is 5.95 Å². The van der Waals surface area contributed by atoms with Crippen molar-refractivity contribution in [2.24, 2.45) is 0 Å². The Morgan fingerprint density at radius 3 is 3.21 bits per heavy atom. The minimum atomic E-state index is -0.311. The van der Waals surface area contributed by atoms with Gasteiger partial charge in [-0.05, 0) is 19.3 Å². The van der Waals surface area contributed by atoms with Crippen LogP contribution in [0.15, 0.2) is 12.4 Å². The van der Waals surface area contributed by atoms with Gasteiger partial charge in [-0.25, -0.2) is 4.98 Å². The van der Waals surface area contributed by atoms with Gasteiger partial charge in [0.15, 0.2) is 0 Å². The van der Waals surface area contributed by atoms with Gasteiger partial charge in [-0.15, -0.1) is 0 Å². The summed E-state index contributed by atoms with van der Waals surface area (Å²) in [7, 11) is 0. The van der Waals surface area contributed by atoms with Crippen LogP contribution < -0.4 is 5.32 Å². The molecule has 0 radical (unpaired) electrons. The molecule has 0 bridgehead atoms. The van der Waals surface area contributed by atoms with Gasteiger partial charge >= 0.3 is 0 Å². The number of ether oxygens (including phenoxy) is 1. The number of hydrogen-bond acceptors (Lipinski definition) is 3. The summed E-state index contributed by atoms with van der Waals surface area (Å²) in [4.78, 5) is 18.3. The van der Waals surface area contributed by atoms with Crippen molar-refractivity contribution in [1.29, 1.82) is 0 Å². The van der Waals surface area contributed by atoms with Crippen molar-refractivity contribution in [1.82, 2.24) is 9.97 Å². The lowest BCUT2D eigenvalue weighted by Gasteiger charge is -2.20. The van der Waals surface area contributed by atoms with Crippen molar-refractivity contribution in [3.05, 3.63) is 12.4 Å². The van der Waals surface area contributed by atoms with Crippen LogP contribution >= 0.6 is 0 Å². The lowest BCUT2D eigenvalue weighted by molar-refractivity contribution is -0.130. The third kappa shape index (κ3) is 2.11. The first kappa shape index (κ1) is 9.21. The van der Waals surface area contributed by atoms with Gasteiger partial charge < -0.3 is 9.72 Å². The molecular formula is C9H13N3O2. The minimum absolute atomic E-state index is 0.111. The molecule has 1 aliphatic heterocycles. The Balaban J connectivity index is 1.88. The molecule has 14 heavy (non-hydrogen) atoms. The highest BCUT2D eigenvalue weighted by Gasteiger charge is 2.22. The van der Waals surface area contributed by atoms with Gasteiger partial charge in [0.25, 0.3) is 5.91 Å². The second kappa shape index (κ2) is 4.23. The monoisotopic (exact) mass is 195 g/mol. The summed E-state index contributed by atoms with van der Waals surface area (Å²) >= 11 is 0. The highest BCUT2D eigenvalue weighted by molar-refractivity contribution is 5.92. The van der Waals surface area contributed by atoms with Crippen LogP contribution in [0, 0.1) is 0 Å². The van der Waals surface area contributed by atoms with Gasteiger partial charge in [0, 0.05) is 19.0 Å². The van der Waals surface area contributed by atoms with Gasteiger partial charge in [0.05, 0.1) is 0 Å². The standard InChI is InChI=1S/C9H13N3O2/c13-8(7-3-1-2-6-14-7)12-9-10-4-5-11-9/h4-5,7H,1-3,6H2,(H2,10,11,12,13). The maximum Gasteiger partial charge on any atom is 0.255 e. The molecule has 1 aromatic heterocycles. The lowest BCUT2D eigenvalue weighted by atomic mass is 10.1. The average molecular weight is 195 g/mol. The van der Waals surface area contributed by atoms with Crippen LogP contribution in [-0.2, 0) is 9.53 Å². The molecule has 1 unspecified atom stereocenters. The van der Waals surface area contributed by atoms with Gasteiger partial charge in [0.2, 0.25) is 5.95 Å². The van der Waals surface area contributed by atoms with Crippen LogP contribution in [0.3, 0.4) is 0 Å². The van der Waals surface area contributed by atoms with E-state index in [9.17, 15) is 4.79 Å². The SMILES string of the molecule is O=C(Nc1ncc[nH]1)C1CCCCO1. The molecule has 2 N–H and O–H groups in total. The molecule has 5 heteroatoms. The van der Waals surface area contributed by atoms with Crippen molar-refractivity contribution >= 4 is 11.9 Å². The lowest BCUT2D eigenvalue weighted by Crippen LogP contribution is -2.33. The molecule has 1 saturated heterocycles. The van der Waals surface area contributed by atoms with E-state index in [0.29, 0.717) is 12.6 Å². The number of nitrogens with one attached hydrogen (secondary N) is 2. The number of hydrogen-bond donors (Lipinski definition) is 2. The van der Waals surface area contributed by atoms with Gasteiger partial charge in [0.1, 0.15) is 6.10 Å². The van der Waals surface area contributed by atoms with E-state index in [1.807, 2.05) is 0 Å². The van der Waals surface area contributed by atoms with E-state index in [1.54, 1.807) is 12.4 Å². The summed E-state index contributed by atoms with van der Waals surface area (Å²) in [6, 6.07) is 0. The number of carbonyl (C=O) groups excluding carboxylic acids is 1. The zero-order valence-corrected chi connectivity index (χ0v) is 7.82. The van der Waals surface area contributed by atoms with Crippen molar-refractivity contribution in [3.63, 3.8) is 0 Å². The average Bonchev–Trinajstić information content (AvgIpc) is 2.72. The number of rotatable bonds is 2. The molecule has 1 fully saturated rings. The smallest absolute Gasteiger partial charge is 0.255 e. The third-order valence-electron chi connectivity index (χ3n) is 2.21. The fraction of sp³-hybridized carbons (Fsp3) is 0.556. The Hall–Kier alpha value is -1.36. The predicted octanol–water partition coefficient (Wildman–Crippen LogP) is 0.917. The highest BCUT2D eigenvalue weighted by Crippen LogP contribution is 2.13. The van der Waals surface area contributed by atoms with Crippen LogP contribution in [0.2, 0.25) is 0 Å². The van der Waals surface area contributed by atoms with Crippen LogP contribution in [0.5, 0.6) is 0 Å². The van der Waals surface area contributed by atoms with Crippen LogP contribution in [0.1, 0.15) is 19.3 Å². The van der Waals surface area contributed by atoms with Crippen LogP contribution in [-0.4, -0.2) is 28.6 Å². The fourth-order valence-corrected chi connectivity index (χ4v) is 1.48. The molecule has 1 amide bonds. The molecule has 0 saturated carbocycles. The maximum absolute atomic E-state index is 11.6. The summed E-state index contributed by atoms with van der Waals surface area (Å²) in [6.45, 7) is 0.677. The Morgan fingerprint density at radius 2 is 2.57 bits per heavy atom. The molecule has 0 aromatic carbocycles. The summed E-state index contributed by atoms with van der Waals surface area (Å²) < 4.78 is 5.33. The first-order valence-corrected chi connectivity index (χ1v) is 4.78. The van der Waals surface area contributed by atoms with Crippen LogP contribution in [0.25, 0.3) is 0 Å². The molecule has 0 aliphatic carbocycles. The minimum Gasteiger partial charge on any atom is -0.368 e. The first-order chi connectivity index (χ1) is 6.86. The number of amides is 1. The summed E-state index contributed by atoms with van der Waals surface area (Å²) in [6.07, 6.45) is 5.84. The molecule has 2 rings (SSSR count). The molecule has 1 aromatic rings. The fourth-order valence-electron chi connectivity index (χ4n) is 1.48. The zero-order chi connectivity index (χ0) is 9.80. The Bertz CT molecular complexity index is 291. The van der Waals surface area contributed by atoms with E-state index in [4.69, 9.17) is 4.74 Å². The van der Waals surface area contributed by atoms with Gasteiger partial charge in [-0.2, -0.15) is 0 Å². The molecule has 2 heterocycles. The molecule has 5 nitrogen and oxygen atoms in total. The maximum atomic E-state index is 11.6. The topological polar surface area (TPSA) is 67.0 Å². The Kier molecular flexibility index (Phi) is 2.78. The third-order valence-corrected chi connectivity index (χ3v) is 2.21. The van der Waals surface area contributed by atoms with E-state index >= 15 is 0 Å². The number of aromatic amines is 1. The number of H-pyrrole nitrogens is 1. The normalized spacial score (nSPS) is 21.9. The zero-order valence-electron chi connectivity index (χ0n) is 7.82. The summed E-state index contributed by atoms with van der Waals surface area (Å²) in [5.41, 5.74) is 0. The summed E-state index contributed by atoms with van der Waals surface area (Å²) in [5, 5.41) is 2.66. The largest absolute Gasteiger partial charge is 0.368 e. The van der Waals surface area contributed by atoms with Crippen molar-refractivity contribution in [2.45, 2.75) is 25.4 Å². The number of anilines is 1. The number of imidazole rings is 1. The second-order valence-electron chi connectivity index (χ2n) is 3.28. The Labute approximate surface area is 81.9 Å². The van der Waals surface area contributed by atoms with Crippen molar-refractivity contribution in [3.8, 4) is 0 Å². The molecule has 76 valence electrons. The van der Waals surface area contributed by atoms with E-state index in [2.05, 4.69) is 15.3 Å². The van der Waals surface area contributed by atoms with Gasteiger partial charge in [-0.3, -0.25) is 10.1 Å². The first-order valence-electron chi connectivity index (χ1n) is 4.78. The van der Waals surface area contributed by atoms with Crippen molar-refractivity contribution in [2.75, 3.05) is 11.9 Å². The highest BCUT2D eigenvalue weighted by atomic mass is 16.5. The molecule has 1 atom stereocenters.